The van der Waals surface area contributed by atoms with Gasteiger partial charge in [-0.3, -0.25) is 10.1 Å². The summed E-state index contributed by atoms with van der Waals surface area (Å²) in [5.41, 5.74) is 0.994. The van der Waals surface area contributed by atoms with Crippen molar-refractivity contribution in [3.05, 3.63) is 22.2 Å². The van der Waals surface area contributed by atoms with Crippen LogP contribution in [0.15, 0.2) is 16.8 Å². The second kappa shape index (κ2) is 19.0. The first-order valence-corrected chi connectivity index (χ1v) is 16.5. The molecule has 0 spiro atoms. The average molecular weight is 689 g/mol. The van der Waals surface area contributed by atoms with Crippen LogP contribution in [0, 0.1) is 10.1 Å². The Bertz CT molecular complexity index is 1250. The van der Waals surface area contributed by atoms with Crippen LogP contribution >= 0.6 is 0 Å². The number of aliphatic hydroxyl groups is 7. The highest BCUT2D eigenvalue weighted by atomic mass is 16.7. The van der Waals surface area contributed by atoms with Crippen LogP contribution in [-0.2, 0) is 18.9 Å². The molecule has 0 bridgehead atoms. The molecule has 48 heavy (non-hydrogen) atoms. The zero-order chi connectivity index (χ0) is 34.6. The van der Waals surface area contributed by atoms with E-state index in [2.05, 4.69) is 20.3 Å². The van der Waals surface area contributed by atoms with Crippen LogP contribution in [0.1, 0.15) is 64.2 Å². The van der Waals surface area contributed by atoms with Gasteiger partial charge in [-0.25, -0.2) is 4.63 Å². The van der Waals surface area contributed by atoms with Crippen molar-refractivity contribution in [3.63, 3.8) is 0 Å². The Morgan fingerprint density at radius 2 is 1.31 bits per heavy atom. The molecule has 0 aliphatic carbocycles. The largest absolute Gasteiger partial charge is 0.394 e. The normalized spacial score (nSPS) is 30.9. The Morgan fingerprint density at radius 1 is 0.729 bits per heavy atom. The molecule has 0 amide bonds. The molecule has 0 unspecified atom stereocenters. The van der Waals surface area contributed by atoms with E-state index in [0.29, 0.717) is 24.2 Å². The minimum Gasteiger partial charge on any atom is -0.394 e. The van der Waals surface area contributed by atoms with Gasteiger partial charge in [0.25, 0.3) is 0 Å². The second-order valence-corrected chi connectivity index (χ2v) is 12.2. The Balaban J connectivity index is 1.03. The number of ether oxygens (including phenoxy) is 4. The van der Waals surface area contributed by atoms with E-state index in [4.69, 9.17) is 18.9 Å². The molecule has 2 fully saturated rings. The molecular weight excluding hydrogens is 640 g/mol. The van der Waals surface area contributed by atoms with Crippen molar-refractivity contribution in [1.29, 1.82) is 0 Å². The lowest BCUT2D eigenvalue weighted by Gasteiger charge is -2.45. The Hall–Kier alpha value is -2.62. The van der Waals surface area contributed by atoms with Gasteiger partial charge in [0.2, 0.25) is 5.52 Å². The predicted octanol–water partition coefficient (Wildman–Crippen LogP) is 0.0846. The van der Waals surface area contributed by atoms with E-state index in [-0.39, 0.29) is 17.8 Å². The number of nitro groups is 1. The van der Waals surface area contributed by atoms with Gasteiger partial charge < -0.3 is 60.0 Å². The fourth-order valence-electron chi connectivity index (χ4n) is 5.90. The van der Waals surface area contributed by atoms with Crippen LogP contribution in [0.25, 0.3) is 11.0 Å². The monoisotopic (exact) mass is 688 g/mol. The summed E-state index contributed by atoms with van der Waals surface area (Å²) in [6.45, 7) is -0.312. The summed E-state index contributed by atoms with van der Waals surface area (Å²) in [5, 5.41) is 92.4. The number of nitrogens with zero attached hydrogens (tertiary/aromatic N) is 3. The third-order valence-corrected chi connectivity index (χ3v) is 8.72. The maximum Gasteiger partial charge on any atom is 0.300 e. The van der Waals surface area contributed by atoms with Crippen LogP contribution < -0.4 is 5.32 Å². The van der Waals surface area contributed by atoms with E-state index in [1.807, 2.05) is 0 Å². The van der Waals surface area contributed by atoms with Crippen molar-refractivity contribution >= 4 is 22.4 Å². The molecule has 3 heterocycles. The van der Waals surface area contributed by atoms with Crippen LogP contribution in [0.3, 0.4) is 0 Å². The zero-order valence-electron chi connectivity index (χ0n) is 26.7. The van der Waals surface area contributed by atoms with E-state index in [9.17, 15) is 45.9 Å². The number of benzene rings is 1. The molecule has 272 valence electrons. The summed E-state index contributed by atoms with van der Waals surface area (Å²) in [5.74, 6) is 0. The summed E-state index contributed by atoms with van der Waals surface area (Å²) >= 11 is 0. The molecule has 18 nitrogen and oxygen atoms in total. The number of anilines is 1. The molecule has 0 radical (unpaired) electrons. The summed E-state index contributed by atoms with van der Waals surface area (Å²) in [6.07, 6.45) is -4.52. The topological polar surface area (TPSA) is 273 Å². The molecule has 10 atom stereocenters. The quantitative estimate of drug-likeness (QED) is 0.0520. The summed E-state index contributed by atoms with van der Waals surface area (Å²) in [7, 11) is 0. The first-order chi connectivity index (χ1) is 23.2. The van der Waals surface area contributed by atoms with Gasteiger partial charge in [0, 0.05) is 19.2 Å². The van der Waals surface area contributed by atoms with Crippen molar-refractivity contribution in [2.45, 2.75) is 126 Å². The maximum atomic E-state index is 11.1. The van der Waals surface area contributed by atoms with Gasteiger partial charge in [0.15, 0.2) is 18.1 Å². The molecule has 4 rings (SSSR count). The second-order valence-electron chi connectivity index (χ2n) is 12.2. The molecule has 2 aromatic rings. The van der Waals surface area contributed by atoms with Gasteiger partial charge in [-0.05, 0) is 29.2 Å². The highest BCUT2D eigenvalue weighted by Gasteiger charge is 2.50. The third kappa shape index (κ3) is 9.75. The summed E-state index contributed by atoms with van der Waals surface area (Å²) in [6, 6.07) is 3.01. The highest BCUT2D eigenvalue weighted by molar-refractivity contribution is 5.93. The van der Waals surface area contributed by atoms with Gasteiger partial charge in [-0.15, -0.1) is 0 Å². The third-order valence-electron chi connectivity index (χ3n) is 8.72. The van der Waals surface area contributed by atoms with E-state index < -0.39 is 79.5 Å². The maximum absolute atomic E-state index is 11.1. The number of unbranched alkanes of at least 4 members (excludes halogenated alkanes) is 9. The van der Waals surface area contributed by atoms with Crippen molar-refractivity contribution in [1.82, 2.24) is 10.3 Å². The van der Waals surface area contributed by atoms with Gasteiger partial charge in [0.05, 0.1) is 23.8 Å². The predicted molar refractivity (Wildman–Crippen MR) is 165 cm³/mol. The number of fused-ring (bicyclic) bond motifs is 1. The Labute approximate surface area is 276 Å². The first kappa shape index (κ1) is 38.2. The smallest absolute Gasteiger partial charge is 0.300 e. The van der Waals surface area contributed by atoms with Crippen molar-refractivity contribution in [2.75, 3.05) is 31.7 Å². The van der Waals surface area contributed by atoms with Gasteiger partial charge in [0.1, 0.15) is 48.8 Å². The van der Waals surface area contributed by atoms with Gasteiger partial charge in [-0.1, -0.05) is 51.4 Å². The molecule has 2 saturated heterocycles. The Morgan fingerprint density at radius 3 is 1.96 bits per heavy atom. The summed E-state index contributed by atoms with van der Waals surface area (Å²) in [4.78, 5) is 10.6. The number of non-ortho nitro benzene ring substituents is 1. The number of nitro benzene ring substituents is 1. The van der Waals surface area contributed by atoms with Crippen LogP contribution in [0.4, 0.5) is 11.4 Å². The first-order valence-electron chi connectivity index (χ1n) is 16.5. The number of hydrogen-bond donors (Lipinski definition) is 8. The molecule has 2 aliphatic heterocycles. The average Bonchev–Trinajstić information content (AvgIpc) is 3.58. The lowest BCUT2D eigenvalue weighted by atomic mass is 9.97. The molecule has 0 saturated carbocycles. The number of aliphatic hydroxyl groups excluding tert-OH is 7. The molecule has 8 N–H and O–H groups in total. The van der Waals surface area contributed by atoms with Crippen LogP contribution in [-0.4, -0.2) is 139 Å². The van der Waals surface area contributed by atoms with Crippen molar-refractivity contribution in [2.24, 2.45) is 0 Å². The highest BCUT2D eigenvalue weighted by Crippen LogP contribution is 2.30. The molecule has 2 aliphatic rings. The van der Waals surface area contributed by atoms with E-state index in [0.717, 1.165) is 57.8 Å². The number of hydrogen-bond acceptors (Lipinski definition) is 17. The van der Waals surface area contributed by atoms with Gasteiger partial charge >= 0.3 is 5.69 Å². The standard InChI is InChI=1S/C30H48N4O14/c35-15-19-23(37)24(38)26(40)30(45-19)47-28-20(16-36)46-29(27(41)25(28)39)44-14-10-8-6-4-2-1-3-5-7-9-13-31-17-11-12-18(34(42)43)22-21(17)32-48-33-22/h11-12,19-20,23-31,35-41H,1-10,13-16H2/t19-,20-,23+,24+,25-,26-,27-,28-,29-,30+/m1/s1. The van der Waals surface area contributed by atoms with Crippen LogP contribution in [0.5, 0.6) is 0 Å². The number of nitrogens with one attached hydrogen (secondary N) is 1. The summed E-state index contributed by atoms with van der Waals surface area (Å²) < 4.78 is 26.8. The lowest BCUT2D eigenvalue weighted by molar-refractivity contribution is -0.383. The van der Waals surface area contributed by atoms with Crippen molar-refractivity contribution in [3.8, 4) is 0 Å². The fraction of sp³-hybridized carbons (Fsp3) is 0.800. The van der Waals surface area contributed by atoms with E-state index in [1.165, 1.54) is 6.07 Å². The minimum absolute atomic E-state index is 0.129. The number of aromatic nitrogens is 2. The molecule has 1 aromatic heterocycles. The Kier molecular flexibility index (Phi) is 15.1. The van der Waals surface area contributed by atoms with E-state index >= 15 is 0 Å². The number of rotatable bonds is 20. The SMILES string of the molecule is O=[N+]([O-])c1ccc(NCCCCCCCCCCCCO[C@@H]2O[C@H](CO)[C@@H](O[C@@H]3O[C@H](CO)[C@H](O)[C@H](O)[C@H]3O)[C@H](O)[C@H]2O)c2nonc12. The lowest BCUT2D eigenvalue weighted by Crippen LogP contribution is -2.64. The fourth-order valence-corrected chi connectivity index (χ4v) is 5.90. The molecule has 18 heteroatoms. The zero-order valence-corrected chi connectivity index (χ0v) is 26.7. The van der Waals surface area contributed by atoms with Gasteiger partial charge in [-0.2, -0.15) is 0 Å². The van der Waals surface area contributed by atoms with E-state index in [1.54, 1.807) is 6.07 Å². The molecule has 1 aromatic carbocycles. The van der Waals surface area contributed by atoms with Crippen molar-refractivity contribution < 1.29 is 64.2 Å². The van der Waals surface area contributed by atoms with Crippen LogP contribution in [0.2, 0.25) is 0 Å². The molecular formula is C30H48N4O14. The minimum atomic E-state index is -1.72.